The van der Waals surface area contributed by atoms with Gasteiger partial charge in [0.25, 0.3) is 0 Å². The Hall–Kier alpha value is -2.44. The minimum absolute atomic E-state index is 0.0341. The van der Waals surface area contributed by atoms with E-state index in [9.17, 15) is 4.79 Å². The van der Waals surface area contributed by atoms with Gasteiger partial charge in [-0.15, -0.1) is 0 Å². The molecule has 0 saturated heterocycles. The van der Waals surface area contributed by atoms with Crippen LogP contribution in [0.4, 0.5) is 5.69 Å². The van der Waals surface area contributed by atoms with Gasteiger partial charge in [-0.05, 0) is 50.0 Å². The number of ether oxygens (including phenoxy) is 2. The molecule has 2 aromatic carbocycles. The molecule has 0 spiro atoms. The second kappa shape index (κ2) is 9.17. The van der Waals surface area contributed by atoms with Gasteiger partial charge in [0.05, 0.1) is 31.9 Å². The highest BCUT2D eigenvalue weighted by Crippen LogP contribution is 2.33. The summed E-state index contributed by atoms with van der Waals surface area (Å²) in [5.74, 6) is 1.54. The lowest BCUT2D eigenvalue weighted by Crippen LogP contribution is -2.43. The Morgan fingerprint density at radius 1 is 1.29 bits per heavy atom. The minimum atomic E-state index is -0.0341. The fourth-order valence-electron chi connectivity index (χ4n) is 3.27. The van der Waals surface area contributed by atoms with E-state index in [1.54, 1.807) is 13.2 Å². The van der Waals surface area contributed by atoms with Crippen LogP contribution in [0.15, 0.2) is 42.5 Å². The molecule has 0 saturated carbocycles. The number of fused-ring (bicyclic) bond motifs is 1. The van der Waals surface area contributed by atoms with Crippen molar-refractivity contribution in [3.63, 3.8) is 0 Å². The third kappa shape index (κ3) is 4.88. The Morgan fingerprint density at radius 3 is 2.71 bits per heavy atom. The van der Waals surface area contributed by atoms with Crippen molar-refractivity contribution in [2.45, 2.75) is 6.04 Å². The third-order valence-corrected chi connectivity index (χ3v) is 5.07. The summed E-state index contributed by atoms with van der Waals surface area (Å²) in [6.45, 7) is 1.98. The van der Waals surface area contributed by atoms with Gasteiger partial charge >= 0.3 is 0 Å². The number of hydrogen-bond donors (Lipinski definition) is 1. The molecule has 1 N–H and O–H groups in total. The van der Waals surface area contributed by atoms with Crippen LogP contribution in [0.3, 0.4) is 0 Å². The summed E-state index contributed by atoms with van der Waals surface area (Å²) in [6, 6.07) is 13.5. The summed E-state index contributed by atoms with van der Waals surface area (Å²) in [5, 5.41) is 3.68. The maximum absolute atomic E-state index is 12.6. The van der Waals surface area contributed by atoms with Crippen LogP contribution >= 0.6 is 11.6 Å². The zero-order chi connectivity index (χ0) is 20.1. The van der Waals surface area contributed by atoms with Gasteiger partial charge < -0.3 is 24.6 Å². The lowest BCUT2D eigenvalue weighted by atomic mass is 10.1. The number of benzene rings is 2. The molecule has 1 heterocycles. The molecule has 1 aliphatic rings. The number of hydrogen-bond acceptors (Lipinski definition) is 5. The molecule has 0 radical (unpaired) electrons. The van der Waals surface area contributed by atoms with Gasteiger partial charge in [0.15, 0.2) is 0 Å². The van der Waals surface area contributed by atoms with Crippen LogP contribution in [0, 0.1) is 0 Å². The summed E-state index contributed by atoms with van der Waals surface area (Å²) in [6.07, 6.45) is 0. The summed E-state index contributed by atoms with van der Waals surface area (Å²) in [7, 11) is 5.65. The van der Waals surface area contributed by atoms with Crippen molar-refractivity contribution in [2.75, 3.05) is 52.3 Å². The van der Waals surface area contributed by atoms with E-state index in [2.05, 4.69) is 10.2 Å². The van der Waals surface area contributed by atoms with Crippen molar-refractivity contribution < 1.29 is 14.3 Å². The van der Waals surface area contributed by atoms with Crippen LogP contribution in [0.25, 0.3) is 0 Å². The number of nitrogens with zero attached hydrogens (tertiary/aromatic N) is 2. The summed E-state index contributed by atoms with van der Waals surface area (Å²) in [4.78, 5) is 16.7. The average molecular weight is 404 g/mol. The number of carbonyl (C=O) groups is 1. The highest BCUT2D eigenvalue weighted by atomic mass is 35.5. The van der Waals surface area contributed by atoms with E-state index in [-0.39, 0.29) is 18.5 Å². The molecule has 2 aromatic rings. The predicted octanol–water partition coefficient (Wildman–Crippen LogP) is 2.97. The van der Waals surface area contributed by atoms with Crippen LogP contribution < -0.4 is 19.7 Å². The zero-order valence-corrected chi connectivity index (χ0v) is 17.2. The maximum atomic E-state index is 12.6. The van der Waals surface area contributed by atoms with Gasteiger partial charge in [-0.25, -0.2) is 0 Å². The molecule has 28 heavy (non-hydrogen) atoms. The number of likely N-dealkylation sites (N-methyl/N-ethyl adjacent to an activating group) is 1. The molecule has 0 fully saturated rings. The molecule has 1 aliphatic heterocycles. The van der Waals surface area contributed by atoms with E-state index in [4.69, 9.17) is 21.1 Å². The number of methoxy groups -OCH3 is 1. The lowest BCUT2D eigenvalue weighted by Gasteiger charge is -2.31. The Balaban J connectivity index is 1.62. The van der Waals surface area contributed by atoms with Gasteiger partial charge in [-0.2, -0.15) is 0 Å². The SMILES string of the molecule is COc1ccc([C@@H](CNC(=O)CN2CCOc3ccc(Cl)cc32)N(C)C)cc1. The number of carbonyl (C=O) groups excluding carboxylic acids is 1. The smallest absolute Gasteiger partial charge is 0.239 e. The molecule has 7 heteroatoms. The van der Waals surface area contributed by atoms with Crippen molar-refractivity contribution >= 4 is 23.2 Å². The van der Waals surface area contributed by atoms with Gasteiger partial charge in [-0.1, -0.05) is 23.7 Å². The number of anilines is 1. The summed E-state index contributed by atoms with van der Waals surface area (Å²) >= 11 is 6.11. The maximum Gasteiger partial charge on any atom is 0.239 e. The van der Waals surface area contributed by atoms with E-state index in [1.165, 1.54) is 0 Å². The first-order valence-corrected chi connectivity index (χ1v) is 9.60. The highest BCUT2D eigenvalue weighted by Gasteiger charge is 2.22. The molecular weight excluding hydrogens is 378 g/mol. The molecular formula is C21H26ClN3O3. The van der Waals surface area contributed by atoms with Crippen molar-refractivity contribution in [1.82, 2.24) is 10.2 Å². The predicted molar refractivity (Wildman–Crippen MR) is 112 cm³/mol. The fraction of sp³-hybridized carbons (Fsp3) is 0.381. The standard InChI is InChI=1S/C21H26ClN3O3/c1-24(2)19(15-4-7-17(27-3)8-5-15)13-23-21(26)14-25-10-11-28-20-9-6-16(22)12-18(20)25/h4-9,12,19H,10-11,13-14H2,1-3H3,(H,23,26)/t19-/m1/s1. The Bertz CT molecular complexity index is 811. The van der Waals surface area contributed by atoms with E-state index in [0.717, 1.165) is 22.7 Å². The van der Waals surface area contributed by atoms with E-state index in [1.807, 2.05) is 55.4 Å². The quantitative estimate of drug-likeness (QED) is 0.770. The van der Waals surface area contributed by atoms with Gasteiger partial charge in [-0.3, -0.25) is 4.79 Å². The number of amides is 1. The van der Waals surface area contributed by atoms with Crippen molar-refractivity contribution in [2.24, 2.45) is 0 Å². The van der Waals surface area contributed by atoms with Crippen LogP contribution in [0.5, 0.6) is 11.5 Å². The molecule has 1 amide bonds. The molecule has 6 nitrogen and oxygen atoms in total. The second-order valence-electron chi connectivity index (χ2n) is 6.94. The van der Waals surface area contributed by atoms with Crippen molar-refractivity contribution in [1.29, 1.82) is 0 Å². The van der Waals surface area contributed by atoms with E-state index >= 15 is 0 Å². The monoisotopic (exact) mass is 403 g/mol. The normalized spacial score (nSPS) is 14.2. The summed E-state index contributed by atoms with van der Waals surface area (Å²) < 4.78 is 10.9. The first kappa shape index (κ1) is 20.3. The first-order valence-electron chi connectivity index (χ1n) is 9.22. The third-order valence-electron chi connectivity index (χ3n) is 4.83. The van der Waals surface area contributed by atoms with E-state index < -0.39 is 0 Å². The lowest BCUT2D eigenvalue weighted by molar-refractivity contribution is -0.120. The largest absolute Gasteiger partial charge is 0.497 e. The number of nitrogens with one attached hydrogen (secondary N) is 1. The first-order chi connectivity index (χ1) is 13.5. The van der Waals surface area contributed by atoms with Crippen LogP contribution in [-0.4, -0.2) is 58.3 Å². The molecule has 150 valence electrons. The van der Waals surface area contributed by atoms with Crippen LogP contribution in [0.1, 0.15) is 11.6 Å². The number of rotatable bonds is 7. The summed E-state index contributed by atoms with van der Waals surface area (Å²) in [5.41, 5.74) is 1.97. The topological polar surface area (TPSA) is 54.0 Å². The highest BCUT2D eigenvalue weighted by molar-refractivity contribution is 6.31. The van der Waals surface area contributed by atoms with Crippen molar-refractivity contribution in [3.05, 3.63) is 53.1 Å². The fourth-order valence-corrected chi connectivity index (χ4v) is 3.44. The number of halogens is 1. The molecule has 3 rings (SSSR count). The van der Waals surface area contributed by atoms with Crippen molar-refractivity contribution in [3.8, 4) is 11.5 Å². The molecule has 0 aromatic heterocycles. The average Bonchev–Trinajstić information content (AvgIpc) is 2.69. The zero-order valence-electron chi connectivity index (χ0n) is 16.4. The molecule has 0 bridgehead atoms. The Kier molecular flexibility index (Phi) is 6.65. The van der Waals surface area contributed by atoms with Gasteiger partial charge in [0, 0.05) is 11.6 Å². The second-order valence-corrected chi connectivity index (χ2v) is 7.38. The molecule has 1 atom stereocenters. The van der Waals surface area contributed by atoms with Gasteiger partial charge in [0.1, 0.15) is 18.1 Å². The van der Waals surface area contributed by atoms with E-state index in [0.29, 0.717) is 24.7 Å². The Morgan fingerprint density at radius 2 is 2.04 bits per heavy atom. The van der Waals surface area contributed by atoms with Crippen LogP contribution in [0.2, 0.25) is 5.02 Å². The minimum Gasteiger partial charge on any atom is -0.497 e. The van der Waals surface area contributed by atoms with Crippen LogP contribution in [-0.2, 0) is 4.79 Å². The van der Waals surface area contributed by atoms with Gasteiger partial charge in [0.2, 0.25) is 5.91 Å². The molecule has 0 unspecified atom stereocenters. The Labute approximate surface area is 171 Å². The molecule has 0 aliphatic carbocycles.